The van der Waals surface area contributed by atoms with Gasteiger partial charge in [0.15, 0.2) is 10.2 Å². The van der Waals surface area contributed by atoms with Crippen LogP contribution in [0.5, 0.6) is 0 Å². The third-order valence-electron chi connectivity index (χ3n) is 1.54. The van der Waals surface area contributed by atoms with E-state index in [1.54, 1.807) is 11.3 Å². The van der Waals surface area contributed by atoms with Crippen LogP contribution in [0.15, 0.2) is 28.6 Å². The summed E-state index contributed by atoms with van der Waals surface area (Å²) < 4.78 is 0. The van der Waals surface area contributed by atoms with Gasteiger partial charge in [0.05, 0.1) is 0 Å². The summed E-state index contributed by atoms with van der Waals surface area (Å²) in [7, 11) is 0. The van der Waals surface area contributed by atoms with E-state index in [4.69, 9.17) is 18.0 Å². The summed E-state index contributed by atoms with van der Waals surface area (Å²) in [5.41, 5.74) is 6.06. The van der Waals surface area contributed by atoms with Crippen molar-refractivity contribution >= 4 is 57.8 Å². The van der Waals surface area contributed by atoms with E-state index < -0.39 is 0 Å². The van der Waals surface area contributed by atoms with E-state index in [2.05, 4.69) is 22.5 Å². The van der Waals surface area contributed by atoms with E-state index >= 15 is 0 Å². The summed E-state index contributed by atoms with van der Waals surface area (Å²) in [6.45, 7) is 1.86. The molecular weight excluding hydrogens is 258 g/mol. The zero-order chi connectivity index (χ0) is 12.0. The van der Waals surface area contributed by atoms with Crippen LogP contribution in [0.4, 0.5) is 0 Å². The Morgan fingerprint density at radius 2 is 2.31 bits per heavy atom. The molecule has 0 saturated heterocycles. The molecule has 0 amide bonds. The second-order valence-corrected chi connectivity index (χ2v) is 4.70. The van der Waals surface area contributed by atoms with Gasteiger partial charge in [-0.2, -0.15) is 0 Å². The van der Waals surface area contributed by atoms with E-state index in [1.165, 1.54) is 4.88 Å². The molecule has 0 aliphatic rings. The SMILES string of the molecule is CC(/C=C/c1cccs1)=NC(=S)NC(N)=S. The highest BCUT2D eigenvalue weighted by atomic mass is 32.1. The first-order chi connectivity index (χ1) is 7.58. The Kier molecular flexibility index (Phi) is 5.24. The van der Waals surface area contributed by atoms with Gasteiger partial charge in [-0.3, -0.25) is 0 Å². The molecule has 3 N–H and O–H groups in total. The summed E-state index contributed by atoms with van der Waals surface area (Å²) in [5.74, 6) is 0. The number of hydrogen-bond acceptors (Lipinski definition) is 3. The zero-order valence-electron chi connectivity index (χ0n) is 8.64. The Balaban J connectivity index is 2.57. The first-order valence-electron chi connectivity index (χ1n) is 4.45. The van der Waals surface area contributed by atoms with Crippen LogP contribution in [0.2, 0.25) is 0 Å². The third kappa shape index (κ3) is 5.11. The van der Waals surface area contributed by atoms with Gasteiger partial charge in [0.2, 0.25) is 0 Å². The normalized spacial score (nSPS) is 11.7. The predicted molar refractivity (Wildman–Crippen MR) is 79.0 cm³/mol. The molecule has 0 aliphatic heterocycles. The number of allylic oxidation sites excluding steroid dienone is 1. The quantitative estimate of drug-likeness (QED) is 0.639. The van der Waals surface area contributed by atoms with Crippen LogP contribution in [0.3, 0.4) is 0 Å². The second-order valence-electron chi connectivity index (χ2n) is 2.90. The average Bonchev–Trinajstić information content (AvgIpc) is 2.65. The summed E-state index contributed by atoms with van der Waals surface area (Å²) >= 11 is 11.2. The van der Waals surface area contributed by atoms with Crippen LogP contribution in [0.25, 0.3) is 6.08 Å². The van der Waals surface area contributed by atoms with Crippen molar-refractivity contribution < 1.29 is 0 Å². The third-order valence-corrected chi connectivity index (χ3v) is 2.67. The Morgan fingerprint density at radius 3 is 2.88 bits per heavy atom. The first kappa shape index (κ1) is 13.0. The van der Waals surface area contributed by atoms with Gasteiger partial charge in [-0.05, 0) is 55.0 Å². The Bertz CT molecular complexity index is 432. The lowest BCUT2D eigenvalue weighted by molar-refractivity contribution is 1.35. The van der Waals surface area contributed by atoms with Crippen molar-refractivity contribution in [3.63, 3.8) is 0 Å². The molecule has 1 aromatic heterocycles. The lowest BCUT2D eigenvalue weighted by atomic mass is 10.3. The molecule has 1 heterocycles. The lowest BCUT2D eigenvalue weighted by Gasteiger charge is -1.99. The van der Waals surface area contributed by atoms with Crippen molar-refractivity contribution in [2.24, 2.45) is 10.7 Å². The number of nitrogens with two attached hydrogens (primary N) is 1. The fraction of sp³-hybridized carbons (Fsp3) is 0.100. The van der Waals surface area contributed by atoms with E-state index in [0.29, 0.717) is 0 Å². The van der Waals surface area contributed by atoms with Crippen LogP contribution >= 0.6 is 35.8 Å². The highest BCUT2D eigenvalue weighted by Crippen LogP contribution is 2.10. The monoisotopic (exact) mass is 269 g/mol. The fourth-order valence-corrected chi connectivity index (χ4v) is 1.95. The molecule has 0 saturated carbocycles. The number of hydrogen-bond donors (Lipinski definition) is 2. The number of thiophene rings is 1. The second kappa shape index (κ2) is 6.47. The number of nitrogens with zero attached hydrogens (tertiary/aromatic N) is 1. The van der Waals surface area contributed by atoms with Gasteiger partial charge in [-0.25, -0.2) is 4.99 Å². The van der Waals surface area contributed by atoms with Gasteiger partial charge in [0, 0.05) is 10.6 Å². The molecule has 0 aromatic carbocycles. The van der Waals surface area contributed by atoms with Crippen molar-refractivity contribution in [3.05, 3.63) is 28.5 Å². The molecular formula is C10H11N3S3. The number of aliphatic imine (C=N–C) groups is 1. The molecule has 0 unspecified atom stereocenters. The molecule has 0 fully saturated rings. The smallest absolute Gasteiger partial charge is 0.199 e. The van der Waals surface area contributed by atoms with Crippen molar-refractivity contribution in [1.82, 2.24) is 5.32 Å². The number of thiocarbonyl (C=S) groups is 2. The predicted octanol–water partition coefficient (Wildman–Crippen LogP) is 2.34. The van der Waals surface area contributed by atoms with Gasteiger partial charge in [0.25, 0.3) is 0 Å². The molecule has 16 heavy (non-hydrogen) atoms. The van der Waals surface area contributed by atoms with Crippen molar-refractivity contribution in [3.8, 4) is 0 Å². The van der Waals surface area contributed by atoms with E-state index in [1.807, 2.05) is 36.6 Å². The number of nitrogens with one attached hydrogen (secondary N) is 1. The molecule has 1 aromatic rings. The van der Waals surface area contributed by atoms with Crippen molar-refractivity contribution in [2.45, 2.75) is 6.92 Å². The average molecular weight is 269 g/mol. The van der Waals surface area contributed by atoms with Crippen LogP contribution in [-0.2, 0) is 0 Å². The Morgan fingerprint density at radius 1 is 1.56 bits per heavy atom. The van der Waals surface area contributed by atoms with Gasteiger partial charge in [-0.1, -0.05) is 6.07 Å². The van der Waals surface area contributed by atoms with Crippen LogP contribution in [0, 0.1) is 0 Å². The highest BCUT2D eigenvalue weighted by Gasteiger charge is 1.94. The molecule has 0 bridgehead atoms. The molecule has 0 radical (unpaired) electrons. The first-order valence-corrected chi connectivity index (χ1v) is 6.15. The lowest BCUT2D eigenvalue weighted by Crippen LogP contribution is -2.32. The zero-order valence-corrected chi connectivity index (χ0v) is 11.1. The van der Waals surface area contributed by atoms with Gasteiger partial charge in [-0.15, -0.1) is 11.3 Å². The highest BCUT2D eigenvalue weighted by molar-refractivity contribution is 7.81. The van der Waals surface area contributed by atoms with E-state index in [-0.39, 0.29) is 10.2 Å². The van der Waals surface area contributed by atoms with Crippen LogP contribution in [0.1, 0.15) is 11.8 Å². The van der Waals surface area contributed by atoms with E-state index in [0.717, 1.165) is 5.71 Å². The fourth-order valence-electron chi connectivity index (χ4n) is 0.920. The molecule has 0 spiro atoms. The summed E-state index contributed by atoms with van der Waals surface area (Å²) in [4.78, 5) is 5.27. The number of rotatable bonds is 2. The largest absolute Gasteiger partial charge is 0.376 e. The maximum Gasteiger partial charge on any atom is 0.199 e. The van der Waals surface area contributed by atoms with E-state index in [9.17, 15) is 0 Å². The molecule has 1 rings (SSSR count). The summed E-state index contributed by atoms with van der Waals surface area (Å²) in [6, 6.07) is 4.02. The van der Waals surface area contributed by atoms with Crippen LogP contribution in [-0.4, -0.2) is 15.9 Å². The minimum atomic E-state index is 0.129. The molecule has 6 heteroatoms. The van der Waals surface area contributed by atoms with Gasteiger partial charge >= 0.3 is 0 Å². The maximum absolute atomic E-state index is 5.27. The molecule has 0 aliphatic carbocycles. The Labute approximate surface area is 109 Å². The van der Waals surface area contributed by atoms with Gasteiger partial charge in [0.1, 0.15) is 0 Å². The molecule has 84 valence electrons. The maximum atomic E-state index is 5.27. The van der Waals surface area contributed by atoms with Crippen molar-refractivity contribution in [1.29, 1.82) is 0 Å². The Hall–Kier alpha value is -1.11. The molecule has 3 nitrogen and oxygen atoms in total. The van der Waals surface area contributed by atoms with Crippen LogP contribution < -0.4 is 11.1 Å². The standard InChI is InChI=1S/C10H11N3S3/c1-7(12-10(15)13-9(11)14)4-5-8-3-2-6-16-8/h2-6H,1H3,(H3,11,13,14,15)/b5-4+,12-7?. The summed E-state index contributed by atoms with van der Waals surface area (Å²) in [6.07, 6.45) is 3.87. The van der Waals surface area contributed by atoms with Gasteiger partial charge < -0.3 is 11.1 Å². The topological polar surface area (TPSA) is 50.4 Å². The minimum Gasteiger partial charge on any atom is -0.376 e. The van der Waals surface area contributed by atoms with Crippen molar-refractivity contribution in [2.75, 3.05) is 0 Å². The minimum absolute atomic E-state index is 0.129. The summed E-state index contributed by atoms with van der Waals surface area (Å²) in [5, 5.41) is 5.01. The molecule has 0 atom stereocenters.